The summed E-state index contributed by atoms with van der Waals surface area (Å²) in [5.41, 5.74) is 2.86. The standard InChI is InChI=1S/C21H26ClN3O3S/c1-15-6-7-17(22)14-20(15)25(29(3,27)28)16(2)21(26)23-18-8-10-19(11-9-18)24-12-4-5-13-24/h6-11,14,16H,4-5,12-13H2,1-3H3,(H,23,26)/t16-/m0/s1. The topological polar surface area (TPSA) is 69.7 Å². The average molecular weight is 436 g/mol. The SMILES string of the molecule is Cc1ccc(Cl)cc1N([C@@H](C)C(=O)Nc1ccc(N2CCCC2)cc1)S(C)(=O)=O. The molecule has 1 N–H and O–H groups in total. The number of carbonyl (C=O) groups excluding carboxylic acids is 1. The molecule has 29 heavy (non-hydrogen) atoms. The van der Waals surface area contributed by atoms with Gasteiger partial charge >= 0.3 is 0 Å². The van der Waals surface area contributed by atoms with E-state index in [1.807, 2.05) is 24.3 Å². The van der Waals surface area contributed by atoms with Gasteiger partial charge in [-0.15, -0.1) is 0 Å². The summed E-state index contributed by atoms with van der Waals surface area (Å²) in [6.45, 7) is 5.44. The van der Waals surface area contributed by atoms with Crippen LogP contribution < -0.4 is 14.5 Å². The lowest BCUT2D eigenvalue weighted by Crippen LogP contribution is -2.45. The first-order valence-electron chi connectivity index (χ1n) is 9.58. The Kier molecular flexibility index (Phi) is 6.39. The van der Waals surface area contributed by atoms with Gasteiger partial charge in [0.2, 0.25) is 15.9 Å². The van der Waals surface area contributed by atoms with E-state index in [1.165, 1.54) is 12.8 Å². The molecule has 0 radical (unpaired) electrons. The molecule has 1 fully saturated rings. The second-order valence-corrected chi connectivity index (χ2v) is 9.69. The molecule has 2 aromatic rings. The van der Waals surface area contributed by atoms with Crippen LogP contribution in [0.15, 0.2) is 42.5 Å². The first kappa shape index (κ1) is 21.5. The molecular weight excluding hydrogens is 410 g/mol. The Morgan fingerprint density at radius 2 is 1.76 bits per heavy atom. The Bertz CT molecular complexity index is 987. The van der Waals surface area contributed by atoms with Crippen LogP contribution in [0.4, 0.5) is 17.1 Å². The molecule has 6 nitrogen and oxygen atoms in total. The number of aryl methyl sites for hydroxylation is 1. The lowest BCUT2D eigenvalue weighted by molar-refractivity contribution is -0.116. The number of nitrogens with zero attached hydrogens (tertiary/aromatic N) is 2. The van der Waals surface area contributed by atoms with Gasteiger partial charge in [-0.05, 0) is 68.7 Å². The Balaban J connectivity index is 1.80. The van der Waals surface area contributed by atoms with Gasteiger partial charge < -0.3 is 10.2 Å². The molecule has 8 heteroatoms. The van der Waals surface area contributed by atoms with Crippen LogP contribution in [0.1, 0.15) is 25.3 Å². The predicted molar refractivity (Wildman–Crippen MR) is 119 cm³/mol. The van der Waals surface area contributed by atoms with Crippen molar-refractivity contribution in [3.63, 3.8) is 0 Å². The fourth-order valence-electron chi connectivity index (χ4n) is 3.58. The molecular formula is C21H26ClN3O3S. The molecule has 156 valence electrons. The fraction of sp³-hybridized carbons (Fsp3) is 0.381. The second kappa shape index (κ2) is 8.63. The number of rotatable bonds is 6. The van der Waals surface area contributed by atoms with Crippen LogP contribution in [0.25, 0.3) is 0 Å². The van der Waals surface area contributed by atoms with Gasteiger partial charge in [-0.2, -0.15) is 0 Å². The smallest absolute Gasteiger partial charge is 0.247 e. The van der Waals surface area contributed by atoms with Gasteiger partial charge in [-0.1, -0.05) is 17.7 Å². The van der Waals surface area contributed by atoms with Gasteiger partial charge in [-0.25, -0.2) is 8.42 Å². The Hall–Kier alpha value is -2.25. The second-order valence-electron chi connectivity index (χ2n) is 7.40. The normalized spacial score (nSPS) is 15.2. The summed E-state index contributed by atoms with van der Waals surface area (Å²) in [5, 5.41) is 3.23. The Morgan fingerprint density at radius 3 is 2.34 bits per heavy atom. The molecule has 0 unspecified atom stereocenters. The maximum absolute atomic E-state index is 12.9. The van der Waals surface area contributed by atoms with Gasteiger partial charge in [0.25, 0.3) is 0 Å². The number of sulfonamides is 1. The summed E-state index contributed by atoms with van der Waals surface area (Å²) in [5.74, 6) is -0.413. The minimum absolute atomic E-state index is 0.395. The van der Waals surface area contributed by atoms with E-state index in [0.717, 1.165) is 34.9 Å². The van der Waals surface area contributed by atoms with Crippen LogP contribution in [-0.2, 0) is 14.8 Å². The largest absolute Gasteiger partial charge is 0.372 e. The highest BCUT2D eigenvalue weighted by atomic mass is 35.5. The summed E-state index contributed by atoms with van der Waals surface area (Å²) in [6, 6.07) is 11.7. The van der Waals surface area contributed by atoms with E-state index < -0.39 is 22.0 Å². The van der Waals surface area contributed by atoms with Crippen molar-refractivity contribution >= 4 is 44.6 Å². The molecule has 1 aliphatic heterocycles. The van der Waals surface area contributed by atoms with E-state index in [1.54, 1.807) is 32.0 Å². The van der Waals surface area contributed by atoms with Gasteiger partial charge in [0, 0.05) is 29.5 Å². The van der Waals surface area contributed by atoms with Crippen molar-refractivity contribution in [2.75, 3.05) is 33.9 Å². The minimum Gasteiger partial charge on any atom is -0.372 e. The van der Waals surface area contributed by atoms with Gasteiger partial charge in [0.05, 0.1) is 11.9 Å². The summed E-state index contributed by atoms with van der Waals surface area (Å²) >= 11 is 6.07. The maximum atomic E-state index is 12.9. The maximum Gasteiger partial charge on any atom is 0.247 e. The number of benzene rings is 2. The summed E-state index contributed by atoms with van der Waals surface area (Å²) < 4.78 is 26.1. The molecule has 0 bridgehead atoms. The number of anilines is 3. The van der Waals surface area contributed by atoms with Crippen molar-refractivity contribution in [2.45, 2.75) is 32.7 Å². The number of amides is 1. The number of halogens is 1. The summed E-state index contributed by atoms with van der Waals surface area (Å²) in [4.78, 5) is 15.2. The zero-order chi connectivity index (χ0) is 21.2. The molecule has 1 atom stereocenters. The number of carbonyl (C=O) groups is 1. The van der Waals surface area contributed by atoms with Gasteiger partial charge in [0.15, 0.2) is 0 Å². The quantitative estimate of drug-likeness (QED) is 0.743. The van der Waals surface area contributed by atoms with E-state index in [2.05, 4.69) is 10.2 Å². The molecule has 2 aromatic carbocycles. The van der Waals surface area contributed by atoms with Gasteiger partial charge in [-0.3, -0.25) is 9.10 Å². The van der Waals surface area contributed by atoms with E-state index in [4.69, 9.17) is 11.6 Å². The summed E-state index contributed by atoms with van der Waals surface area (Å²) in [7, 11) is -3.70. The third kappa shape index (κ3) is 5.03. The molecule has 1 amide bonds. The van der Waals surface area contributed by atoms with Crippen LogP contribution in [0.2, 0.25) is 5.02 Å². The third-order valence-corrected chi connectivity index (χ3v) is 6.57. The molecule has 1 aliphatic rings. The lowest BCUT2D eigenvalue weighted by Gasteiger charge is -2.29. The van der Waals surface area contributed by atoms with Crippen LogP contribution in [0, 0.1) is 6.92 Å². The highest BCUT2D eigenvalue weighted by molar-refractivity contribution is 7.92. The zero-order valence-corrected chi connectivity index (χ0v) is 18.4. The van der Waals surface area contributed by atoms with Crippen LogP contribution in [0.3, 0.4) is 0 Å². The predicted octanol–water partition coefficient (Wildman–Crippen LogP) is 4.04. The van der Waals surface area contributed by atoms with Crippen molar-refractivity contribution in [2.24, 2.45) is 0 Å². The lowest BCUT2D eigenvalue weighted by atomic mass is 10.1. The molecule has 0 saturated carbocycles. The van der Waals surface area contributed by atoms with E-state index in [9.17, 15) is 13.2 Å². The van der Waals surface area contributed by atoms with Crippen molar-refractivity contribution < 1.29 is 13.2 Å². The fourth-order valence-corrected chi connectivity index (χ4v) is 4.97. The molecule has 1 heterocycles. The molecule has 1 saturated heterocycles. The van der Waals surface area contributed by atoms with E-state index in [0.29, 0.717) is 16.4 Å². The van der Waals surface area contributed by atoms with Crippen LogP contribution in [0.5, 0.6) is 0 Å². The Morgan fingerprint density at radius 1 is 1.14 bits per heavy atom. The highest BCUT2D eigenvalue weighted by Crippen LogP contribution is 2.29. The molecule has 0 aliphatic carbocycles. The first-order valence-corrected chi connectivity index (χ1v) is 11.8. The van der Waals surface area contributed by atoms with Crippen molar-refractivity contribution in [1.29, 1.82) is 0 Å². The van der Waals surface area contributed by atoms with E-state index >= 15 is 0 Å². The summed E-state index contributed by atoms with van der Waals surface area (Å²) in [6.07, 6.45) is 3.47. The van der Waals surface area contributed by atoms with Crippen molar-refractivity contribution in [3.05, 3.63) is 53.1 Å². The number of nitrogens with one attached hydrogen (secondary N) is 1. The molecule has 3 rings (SSSR count). The molecule has 0 spiro atoms. The Labute approximate surface area is 177 Å². The monoisotopic (exact) mass is 435 g/mol. The zero-order valence-electron chi connectivity index (χ0n) is 16.9. The number of hydrogen-bond donors (Lipinski definition) is 1. The van der Waals surface area contributed by atoms with Crippen molar-refractivity contribution in [1.82, 2.24) is 0 Å². The third-order valence-electron chi connectivity index (χ3n) is 5.10. The van der Waals surface area contributed by atoms with Gasteiger partial charge in [0.1, 0.15) is 6.04 Å². The minimum atomic E-state index is -3.70. The highest BCUT2D eigenvalue weighted by Gasteiger charge is 2.30. The first-order chi connectivity index (χ1) is 13.7. The average Bonchev–Trinajstić information content (AvgIpc) is 3.19. The van der Waals surface area contributed by atoms with Crippen LogP contribution in [-0.4, -0.2) is 39.7 Å². The number of hydrogen-bond acceptors (Lipinski definition) is 4. The van der Waals surface area contributed by atoms with Crippen LogP contribution >= 0.6 is 11.6 Å². The van der Waals surface area contributed by atoms with E-state index in [-0.39, 0.29) is 0 Å². The van der Waals surface area contributed by atoms with Crippen molar-refractivity contribution in [3.8, 4) is 0 Å². The molecule has 0 aromatic heterocycles.